The maximum atomic E-state index is 13.5. The van der Waals surface area contributed by atoms with Gasteiger partial charge in [0, 0.05) is 12.6 Å². The minimum atomic E-state index is -1.20. The van der Waals surface area contributed by atoms with Gasteiger partial charge >= 0.3 is 0 Å². The van der Waals surface area contributed by atoms with Gasteiger partial charge < -0.3 is 9.67 Å². The van der Waals surface area contributed by atoms with E-state index in [1.807, 2.05) is 0 Å². The molecule has 6 heteroatoms. The lowest BCUT2D eigenvalue weighted by Gasteiger charge is -2.11. The monoisotopic (exact) mass is 274 g/mol. The van der Waals surface area contributed by atoms with Crippen molar-refractivity contribution in [2.24, 2.45) is 7.05 Å². The summed E-state index contributed by atoms with van der Waals surface area (Å²) in [6.07, 6.45) is -1.20. The number of benzene rings is 1. The fraction of sp³-hybridized carbons (Fsp3) is 0.182. The SMILES string of the molecule is Cn1c([C@@H](O)c2ccccc2F)nc(Cl)c1Cl. The second-order valence-corrected chi connectivity index (χ2v) is 4.25. The molecule has 0 saturated carbocycles. The zero-order valence-corrected chi connectivity index (χ0v) is 10.4. The van der Waals surface area contributed by atoms with Crippen molar-refractivity contribution in [1.82, 2.24) is 9.55 Å². The molecule has 0 fully saturated rings. The van der Waals surface area contributed by atoms with Crippen molar-refractivity contribution in [3.8, 4) is 0 Å². The Morgan fingerprint density at radius 1 is 1.35 bits per heavy atom. The highest BCUT2D eigenvalue weighted by atomic mass is 35.5. The van der Waals surface area contributed by atoms with Crippen molar-refractivity contribution < 1.29 is 9.50 Å². The van der Waals surface area contributed by atoms with Gasteiger partial charge in [0.05, 0.1) is 0 Å². The summed E-state index contributed by atoms with van der Waals surface area (Å²) < 4.78 is 14.9. The lowest BCUT2D eigenvalue weighted by atomic mass is 10.1. The number of halogens is 3. The second-order valence-electron chi connectivity index (χ2n) is 3.53. The molecule has 0 aliphatic heterocycles. The van der Waals surface area contributed by atoms with Crippen LogP contribution >= 0.6 is 23.2 Å². The first-order chi connectivity index (χ1) is 8.02. The van der Waals surface area contributed by atoms with Crippen LogP contribution in [0, 0.1) is 5.82 Å². The highest BCUT2D eigenvalue weighted by Crippen LogP contribution is 2.29. The van der Waals surface area contributed by atoms with Crippen LogP contribution in [-0.4, -0.2) is 14.7 Å². The molecule has 0 saturated heterocycles. The van der Waals surface area contributed by atoms with Crippen LogP contribution in [0.2, 0.25) is 10.3 Å². The molecule has 0 spiro atoms. The largest absolute Gasteiger partial charge is 0.380 e. The lowest BCUT2D eigenvalue weighted by Crippen LogP contribution is -2.09. The molecule has 1 aromatic heterocycles. The third-order valence-electron chi connectivity index (χ3n) is 2.47. The van der Waals surface area contributed by atoms with Crippen molar-refractivity contribution in [3.05, 3.63) is 51.8 Å². The van der Waals surface area contributed by atoms with Gasteiger partial charge in [0.25, 0.3) is 0 Å². The van der Waals surface area contributed by atoms with E-state index in [-0.39, 0.29) is 21.7 Å². The van der Waals surface area contributed by atoms with E-state index in [4.69, 9.17) is 23.2 Å². The fourth-order valence-electron chi connectivity index (χ4n) is 1.54. The van der Waals surface area contributed by atoms with Crippen molar-refractivity contribution in [1.29, 1.82) is 0 Å². The van der Waals surface area contributed by atoms with E-state index in [9.17, 15) is 9.50 Å². The molecule has 0 bridgehead atoms. The van der Waals surface area contributed by atoms with Crippen molar-refractivity contribution in [3.63, 3.8) is 0 Å². The molecule has 2 aromatic rings. The second kappa shape index (κ2) is 4.64. The molecule has 0 aliphatic carbocycles. The zero-order valence-electron chi connectivity index (χ0n) is 8.86. The number of nitrogens with zero attached hydrogens (tertiary/aromatic N) is 2. The van der Waals surface area contributed by atoms with Gasteiger partial charge in [-0.3, -0.25) is 0 Å². The first-order valence-corrected chi connectivity index (χ1v) is 5.58. The van der Waals surface area contributed by atoms with Crippen molar-refractivity contribution in [2.75, 3.05) is 0 Å². The van der Waals surface area contributed by atoms with Gasteiger partial charge in [0.1, 0.15) is 22.9 Å². The van der Waals surface area contributed by atoms with Gasteiger partial charge in [0.2, 0.25) is 0 Å². The molecule has 1 heterocycles. The maximum Gasteiger partial charge on any atom is 0.166 e. The Kier molecular flexibility index (Phi) is 3.38. The third-order valence-corrected chi connectivity index (χ3v) is 3.26. The normalized spacial score (nSPS) is 12.8. The van der Waals surface area contributed by atoms with Crippen LogP contribution in [0.15, 0.2) is 24.3 Å². The van der Waals surface area contributed by atoms with E-state index in [1.54, 1.807) is 19.2 Å². The molecule has 3 nitrogen and oxygen atoms in total. The van der Waals surface area contributed by atoms with Crippen LogP contribution in [0.4, 0.5) is 4.39 Å². The van der Waals surface area contributed by atoms with Gasteiger partial charge in [-0.2, -0.15) is 0 Å². The van der Waals surface area contributed by atoms with E-state index in [2.05, 4.69) is 4.98 Å². The van der Waals surface area contributed by atoms with Gasteiger partial charge in [-0.05, 0) is 6.07 Å². The molecule has 0 aliphatic rings. The van der Waals surface area contributed by atoms with Crippen LogP contribution in [0.1, 0.15) is 17.5 Å². The molecule has 0 amide bonds. The number of hydrogen-bond donors (Lipinski definition) is 1. The molecule has 1 atom stereocenters. The first kappa shape index (κ1) is 12.4. The summed E-state index contributed by atoms with van der Waals surface area (Å²) in [4.78, 5) is 3.91. The Labute approximate surface area is 107 Å². The zero-order chi connectivity index (χ0) is 12.6. The summed E-state index contributed by atoms with van der Waals surface area (Å²) in [7, 11) is 1.60. The van der Waals surface area contributed by atoms with Gasteiger partial charge in [-0.15, -0.1) is 0 Å². The number of imidazole rings is 1. The lowest BCUT2D eigenvalue weighted by molar-refractivity contribution is 0.201. The summed E-state index contributed by atoms with van der Waals surface area (Å²) >= 11 is 11.6. The average molecular weight is 275 g/mol. The number of aromatic nitrogens is 2. The molecule has 1 aromatic carbocycles. The fourth-order valence-corrected chi connectivity index (χ4v) is 1.88. The van der Waals surface area contributed by atoms with Crippen molar-refractivity contribution in [2.45, 2.75) is 6.10 Å². The number of aliphatic hydroxyl groups is 1. The van der Waals surface area contributed by atoms with Crippen LogP contribution in [0.3, 0.4) is 0 Å². The third kappa shape index (κ3) is 2.16. The number of aliphatic hydroxyl groups excluding tert-OH is 1. The smallest absolute Gasteiger partial charge is 0.166 e. The maximum absolute atomic E-state index is 13.5. The Morgan fingerprint density at radius 2 is 2.00 bits per heavy atom. The summed E-state index contributed by atoms with van der Waals surface area (Å²) in [6.45, 7) is 0. The topological polar surface area (TPSA) is 38.0 Å². The number of rotatable bonds is 2. The first-order valence-electron chi connectivity index (χ1n) is 4.82. The standard InChI is InChI=1S/C11H9Cl2FN2O/c1-16-10(13)9(12)15-11(16)8(17)6-4-2-3-5-7(6)14/h2-5,8,17H,1H3/t8-/m0/s1. The quantitative estimate of drug-likeness (QED) is 0.915. The van der Waals surface area contributed by atoms with Crippen molar-refractivity contribution >= 4 is 23.2 Å². The van der Waals surface area contributed by atoms with Crippen LogP contribution in [0.25, 0.3) is 0 Å². The molecule has 1 N–H and O–H groups in total. The summed E-state index contributed by atoms with van der Waals surface area (Å²) in [6, 6.07) is 5.93. The Balaban J connectivity index is 2.48. The molecule has 90 valence electrons. The van der Waals surface area contributed by atoms with Gasteiger partial charge in [-0.25, -0.2) is 9.37 Å². The van der Waals surface area contributed by atoms with E-state index in [0.717, 1.165) is 0 Å². The molecular formula is C11H9Cl2FN2O. The molecule has 0 radical (unpaired) electrons. The molecule has 0 unspecified atom stereocenters. The summed E-state index contributed by atoms with van der Waals surface area (Å²) in [5.41, 5.74) is 0.133. The average Bonchev–Trinajstić information content (AvgIpc) is 2.57. The molecule has 2 rings (SSSR count). The van der Waals surface area contributed by atoms with Crippen LogP contribution < -0.4 is 0 Å². The Morgan fingerprint density at radius 3 is 2.53 bits per heavy atom. The molecular weight excluding hydrogens is 266 g/mol. The van der Waals surface area contributed by atoms with Gasteiger partial charge in [0.15, 0.2) is 5.15 Å². The predicted molar refractivity (Wildman–Crippen MR) is 63.7 cm³/mol. The summed E-state index contributed by atoms with van der Waals surface area (Å²) in [5, 5.41) is 10.3. The van der Waals surface area contributed by atoms with E-state index < -0.39 is 11.9 Å². The molecule has 17 heavy (non-hydrogen) atoms. The summed E-state index contributed by atoms with van der Waals surface area (Å²) in [5.74, 6) is -0.305. The van der Waals surface area contributed by atoms with Crippen LogP contribution in [0.5, 0.6) is 0 Å². The predicted octanol–water partition coefficient (Wildman–Crippen LogP) is 2.95. The van der Waals surface area contributed by atoms with Gasteiger partial charge in [-0.1, -0.05) is 41.4 Å². The van der Waals surface area contributed by atoms with Crippen LogP contribution in [-0.2, 0) is 7.05 Å². The Hall–Kier alpha value is -1.10. The highest BCUT2D eigenvalue weighted by Gasteiger charge is 2.22. The van der Waals surface area contributed by atoms with E-state index in [0.29, 0.717) is 0 Å². The number of hydrogen-bond acceptors (Lipinski definition) is 2. The van der Waals surface area contributed by atoms with E-state index in [1.165, 1.54) is 16.7 Å². The van der Waals surface area contributed by atoms with E-state index >= 15 is 0 Å². The minimum Gasteiger partial charge on any atom is -0.380 e. The minimum absolute atomic E-state index is 0.0829. The highest BCUT2D eigenvalue weighted by molar-refractivity contribution is 6.40. The Bertz CT molecular complexity index is 556.